The van der Waals surface area contributed by atoms with Gasteiger partial charge in [-0.05, 0) is 48.7 Å². The second-order valence-electron chi connectivity index (χ2n) is 5.06. The summed E-state index contributed by atoms with van der Waals surface area (Å²) in [4.78, 5) is 18.3. The lowest BCUT2D eigenvalue weighted by Crippen LogP contribution is -2.31. The van der Waals surface area contributed by atoms with Gasteiger partial charge in [0, 0.05) is 24.0 Å². The van der Waals surface area contributed by atoms with Gasteiger partial charge in [0.05, 0.1) is 11.6 Å². The fraction of sp³-hybridized carbons (Fsp3) is 0.250. The van der Waals surface area contributed by atoms with Crippen LogP contribution in [-0.2, 0) is 0 Å². The second kappa shape index (κ2) is 5.82. The van der Waals surface area contributed by atoms with Gasteiger partial charge in [-0.1, -0.05) is 11.6 Å². The zero-order valence-electron chi connectivity index (χ0n) is 11.3. The number of amides is 1. The maximum absolute atomic E-state index is 13.9. The van der Waals surface area contributed by atoms with E-state index in [0.29, 0.717) is 11.6 Å². The van der Waals surface area contributed by atoms with Crippen LogP contribution in [0.1, 0.15) is 34.8 Å². The molecule has 2 aromatic rings. The van der Waals surface area contributed by atoms with E-state index >= 15 is 0 Å². The number of carbonyl (C=O) groups is 1. The van der Waals surface area contributed by atoms with Crippen molar-refractivity contribution in [1.29, 1.82) is 0 Å². The van der Waals surface area contributed by atoms with Crippen LogP contribution in [0.3, 0.4) is 0 Å². The van der Waals surface area contributed by atoms with Crippen LogP contribution in [0.4, 0.5) is 4.39 Å². The normalized spacial score (nSPS) is 18.0. The van der Waals surface area contributed by atoms with Crippen molar-refractivity contribution < 1.29 is 9.18 Å². The van der Waals surface area contributed by atoms with Gasteiger partial charge in [-0.2, -0.15) is 0 Å². The highest BCUT2D eigenvalue weighted by molar-refractivity contribution is 6.31. The molecular weight excluding hydrogens is 291 g/mol. The molecule has 5 heteroatoms. The van der Waals surface area contributed by atoms with Crippen LogP contribution in [0.25, 0.3) is 0 Å². The highest BCUT2D eigenvalue weighted by Crippen LogP contribution is 2.33. The SMILES string of the molecule is O=C(c1cc(Cl)ccc1F)N1CCC[C@H]1c1ccncc1. The third kappa shape index (κ3) is 2.76. The molecule has 21 heavy (non-hydrogen) atoms. The van der Waals surface area contributed by atoms with Crippen molar-refractivity contribution in [2.45, 2.75) is 18.9 Å². The lowest BCUT2D eigenvalue weighted by Gasteiger charge is -2.25. The molecule has 0 aliphatic carbocycles. The molecule has 0 bridgehead atoms. The van der Waals surface area contributed by atoms with Gasteiger partial charge in [-0.3, -0.25) is 9.78 Å². The van der Waals surface area contributed by atoms with Crippen LogP contribution in [-0.4, -0.2) is 22.3 Å². The van der Waals surface area contributed by atoms with E-state index in [-0.39, 0.29) is 17.5 Å². The molecule has 2 heterocycles. The van der Waals surface area contributed by atoms with Crippen LogP contribution in [0, 0.1) is 5.82 Å². The largest absolute Gasteiger partial charge is 0.332 e. The summed E-state index contributed by atoms with van der Waals surface area (Å²) in [5.41, 5.74) is 1.06. The van der Waals surface area contributed by atoms with E-state index in [4.69, 9.17) is 11.6 Å². The molecule has 1 aromatic heterocycles. The third-order valence-electron chi connectivity index (χ3n) is 3.76. The Bertz CT molecular complexity index is 663. The van der Waals surface area contributed by atoms with Crippen molar-refractivity contribution >= 4 is 17.5 Å². The van der Waals surface area contributed by atoms with Crippen molar-refractivity contribution in [1.82, 2.24) is 9.88 Å². The lowest BCUT2D eigenvalue weighted by atomic mass is 10.1. The van der Waals surface area contributed by atoms with E-state index in [1.54, 1.807) is 17.3 Å². The summed E-state index contributed by atoms with van der Waals surface area (Å²) in [5, 5.41) is 0.361. The van der Waals surface area contributed by atoms with Gasteiger partial charge >= 0.3 is 0 Å². The van der Waals surface area contributed by atoms with Gasteiger partial charge in [-0.15, -0.1) is 0 Å². The van der Waals surface area contributed by atoms with Crippen LogP contribution in [0.5, 0.6) is 0 Å². The highest BCUT2D eigenvalue weighted by Gasteiger charge is 2.31. The first-order chi connectivity index (χ1) is 10.2. The fourth-order valence-corrected chi connectivity index (χ4v) is 2.93. The summed E-state index contributed by atoms with van der Waals surface area (Å²) >= 11 is 5.88. The number of likely N-dealkylation sites (tertiary alicyclic amines) is 1. The number of halogens is 2. The molecule has 0 unspecified atom stereocenters. The van der Waals surface area contributed by atoms with Crippen molar-refractivity contribution in [2.75, 3.05) is 6.54 Å². The minimum Gasteiger partial charge on any atom is -0.332 e. The summed E-state index contributed by atoms with van der Waals surface area (Å²) in [7, 11) is 0. The van der Waals surface area contributed by atoms with Gasteiger partial charge in [-0.25, -0.2) is 4.39 Å². The van der Waals surface area contributed by atoms with E-state index in [1.165, 1.54) is 18.2 Å². The van der Waals surface area contributed by atoms with Gasteiger partial charge in [0.15, 0.2) is 0 Å². The first-order valence-electron chi connectivity index (χ1n) is 6.83. The van der Waals surface area contributed by atoms with Crippen molar-refractivity contribution in [3.05, 3.63) is 64.7 Å². The number of hydrogen-bond acceptors (Lipinski definition) is 2. The van der Waals surface area contributed by atoms with Crippen molar-refractivity contribution in [2.24, 2.45) is 0 Å². The Labute approximate surface area is 127 Å². The molecule has 0 spiro atoms. The van der Waals surface area contributed by atoms with Gasteiger partial charge < -0.3 is 4.90 Å². The first-order valence-corrected chi connectivity index (χ1v) is 7.20. The molecule has 1 atom stereocenters. The number of pyridine rings is 1. The molecule has 1 aliphatic heterocycles. The molecule has 1 saturated heterocycles. The first kappa shape index (κ1) is 14.0. The Morgan fingerprint density at radius 3 is 2.81 bits per heavy atom. The van der Waals surface area contributed by atoms with E-state index < -0.39 is 5.82 Å². The van der Waals surface area contributed by atoms with E-state index in [1.807, 2.05) is 12.1 Å². The highest BCUT2D eigenvalue weighted by atomic mass is 35.5. The molecule has 108 valence electrons. The molecule has 0 saturated carbocycles. The van der Waals surface area contributed by atoms with E-state index in [9.17, 15) is 9.18 Å². The molecule has 1 aromatic carbocycles. The van der Waals surface area contributed by atoms with Crippen LogP contribution in [0.2, 0.25) is 5.02 Å². The maximum Gasteiger partial charge on any atom is 0.257 e. The minimum absolute atomic E-state index is 0.0288. The monoisotopic (exact) mass is 304 g/mol. The number of nitrogens with zero attached hydrogens (tertiary/aromatic N) is 2. The molecular formula is C16H14ClFN2O. The molecule has 1 aliphatic rings. The Balaban J connectivity index is 1.92. The molecule has 3 rings (SSSR count). The zero-order valence-corrected chi connectivity index (χ0v) is 12.1. The summed E-state index contributed by atoms with van der Waals surface area (Å²) in [6.07, 6.45) is 5.19. The van der Waals surface area contributed by atoms with Crippen molar-refractivity contribution in [3.63, 3.8) is 0 Å². The average Bonchev–Trinajstić information content (AvgIpc) is 2.99. The topological polar surface area (TPSA) is 33.2 Å². The van der Waals surface area contributed by atoms with Crippen LogP contribution < -0.4 is 0 Å². The number of aromatic nitrogens is 1. The summed E-state index contributed by atoms with van der Waals surface area (Å²) in [5.74, 6) is -0.848. The van der Waals surface area contributed by atoms with E-state index in [0.717, 1.165) is 18.4 Å². The zero-order chi connectivity index (χ0) is 14.8. The Morgan fingerprint density at radius 1 is 1.29 bits per heavy atom. The maximum atomic E-state index is 13.9. The van der Waals surface area contributed by atoms with E-state index in [2.05, 4.69) is 4.98 Å². The minimum atomic E-state index is -0.537. The summed E-state index contributed by atoms with van der Waals surface area (Å²) in [6, 6.07) is 7.82. The second-order valence-corrected chi connectivity index (χ2v) is 5.50. The summed E-state index contributed by atoms with van der Waals surface area (Å²) < 4.78 is 13.9. The Hall–Kier alpha value is -1.94. The molecule has 3 nitrogen and oxygen atoms in total. The van der Waals surface area contributed by atoms with Gasteiger partial charge in [0.2, 0.25) is 0 Å². The molecule has 0 N–H and O–H groups in total. The smallest absolute Gasteiger partial charge is 0.257 e. The van der Waals surface area contributed by atoms with Gasteiger partial charge in [0.25, 0.3) is 5.91 Å². The number of rotatable bonds is 2. The predicted molar refractivity (Wildman–Crippen MR) is 78.7 cm³/mol. The molecule has 1 amide bonds. The van der Waals surface area contributed by atoms with Crippen LogP contribution >= 0.6 is 11.6 Å². The number of carbonyl (C=O) groups excluding carboxylic acids is 1. The van der Waals surface area contributed by atoms with Crippen molar-refractivity contribution in [3.8, 4) is 0 Å². The quantitative estimate of drug-likeness (QED) is 0.844. The molecule has 1 fully saturated rings. The predicted octanol–water partition coefficient (Wildman–Crippen LogP) is 3.85. The average molecular weight is 305 g/mol. The Morgan fingerprint density at radius 2 is 2.05 bits per heavy atom. The summed E-state index contributed by atoms with van der Waals surface area (Å²) in [6.45, 7) is 0.623. The Kier molecular flexibility index (Phi) is 3.88. The van der Waals surface area contributed by atoms with Crippen LogP contribution in [0.15, 0.2) is 42.7 Å². The standard InChI is InChI=1S/C16H14ClFN2O/c17-12-3-4-14(18)13(10-12)16(21)20-9-1-2-15(20)11-5-7-19-8-6-11/h3-8,10,15H,1-2,9H2/t15-/m0/s1. The number of benzene rings is 1. The number of hydrogen-bond donors (Lipinski definition) is 0. The third-order valence-corrected chi connectivity index (χ3v) is 4.00. The van der Waals surface area contributed by atoms with Gasteiger partial charge in [0.1, 0.15) is 5.82 Å². The fourth-order valence-electron chi connectivity index (χ4n) is 2.76. The lowest BCUT2D eigenvalue weighted by molar-refractivity contribution is 0.0731. The molecule has 0 radical (unpaired) electrons.